The van der Waals surface area contributed by atoms with Gasteiger partial charge in [-0.2, -0.15) is 0 Å². The maximum atomic E-state index is 12.2. The van der Waals surface area contributed by atoms with Crippen molar-refractivity contribution in [2.75, 3.05) is 4.41 Å². The van der Waals surface area contributed by atoms with Crippen LogP contribution in [0.15, 0.2) is 59.5 Å². The molecular weight excluding hydrogens is 312 g/mol. The van der Waals surface area contributed by atoms with E-state index in [1.807, 2.05) is 11.8 Å². The summed E-state index contributed by atoms with van der Waals surface area (Å²) in [4.78, 5) is 2.02. The molecule has 1 atom stereocenters. The van der Waals surface area contributed by atoms with E-state index in [2.05, 4.69) is 0 Å². The second-order valence-electron chi connectivity index (χ2n) is 4.25. The number of hydrogen-bond acceptors (Lipinski definition) is 4. The Morgan fingerprint density at radius 1 is 1.05 bits per heavy atom. The molecule has 1 unspecified atom stereocenters. The van der Waals surface area contributed by atoms with Crippen molar-refractivity contribution in [1.29, 1.82) is 0 Å². The molecule has 0 fully saturated rings. The summed E-state index contributed by atoms with van der Waals surface area (Å²) in [6.45, 7) is 1.84. The number of benzene rings is 2. The van der Waals surface area contributed by atoms with Crippen LogP contribution in [0.5, 0.6) is 0 Å². The fourth-order valence-electron chi connectivity index (χ4n) is 1.61. The van der Waals surface area contributed by atoms with E-state index < -0.39 is 21.3 Å². The van der Waals surface area contributed by atoms with E-state index in [0.717, 1.165) is 5.56 Å². The number of nitrogens with zero attached hydrogens (tertiary/aromatic N) is 1. The number of nitrogens with one attached hydrogen (secondary N) is 1. The smallest absolute Gasteiger partial charge is 0.258 e. The molecule has 21 heavy (non-hydrogen) atoms. The fraction of sp³-hybridized carbons (Fsp3) is 0.0769. The van der Waals surface area contributed by atoms with Gasteiger partial charge in [0.15, 0.2) is 0 Å². The van der Waals surface area contributed by atoms with Crippen LogP contribution < -0.4 is 9.25 Å². The number of anilines is 1. The van der Waals surface area contributed by atoms with Crippen molar-refractivity contribution < 1.29 is 17.2 Å². The molecule has 0 aliphatic carbocycles. The van der Waals surface area contributed by atoms with Crippen LogP contribution in [0.4, 0.5) is 5.69 Å². The molecule has 6 nitrogen and oxygen atoms in total. The number of hydrazine groups is 1. The molecule has 0 heterocycles. The molecule has 0 saturated heterocycles. The predicted octanol–water partition coefficient (Wildman–Crippen LogP) is 1.49. The summed E-state index contributed by atoms with van der Waals surface area (Å²) < 4.78 is 47.5. The monoisotopic (exact) mass is 325 g/mol. The highest BCUT2D eigenvalue weighted by molar-refractivity contribution is 7.90. The van der Waals surface area contributed by atoms with Crippen LogP contribution >= 0.6 is 0 Å². The molecule has 0 saturated carbocycles. The van der Waals surface area contributed by atoms with Crippen molar-refractivity contribution >= 4 is 27.0 Å². The zero-order chi connectivity index (χ0) is 15.5. The summed E-state index contributed by atoms with van der Waals surface area (Å²) in [6, 6.07) is 13.9. The van der Waals surface area contributed by atoms with Crippen molar-refractivity contribution in [3.05, 3.63) is 60.2 Å². The average Bonchev–Trinajstić information content (AvgIpc) is 2.47. The maximum Gasteiger partial charge on any atom is 0.258 e. The Hall–Kier alpha value is -1.74. The molecule has 2 rings (SSSR count). The van der Waals surface area contributed by atoms with Gasteiger partial charge in [-0.1, -0.05) is 35.9 Å². The fourth-order valence-corrected chi connectivity index (χ4v) is 3.39. The molecule has 8 heteroatoms. The van der Waals surface area contributed by atoms with Gasteiger partial charge in [0, 0.05) is 0 Å². The molecule has 0 radical (unpaired) electrons. The number of rotatable bonds is 5. The second-order valence-corrected chi connectivity index (χ2v) is 6.72. The lowest BCUT2D eigenvalue weighted by molar-refractivity contribution is 0.526. The van der Waals surface area contributed by atoms with Gasteiger partial charge >= 0.3 is 0 Å². The average molecular weight is 325 g/mol. The summed E-state index contributed by atoms with van der Waals surface area (Å²) in [6.07, 6.45) is 0. The van der Waals surface area contributed by atoms with E-state index >= 15 is 0 Å². The minimum absolute atomic E-state index is 0.0208. The van der Waals surface area contributed by atoms with Crippen LogP contribution in [0.1, 0.15) is 5.56 Å². The minimum atomic E-state index is -3.98. The summed E-state index contributed by atoms with van der Waals surface area (Å²) >= 11 is -2.79. The van der Waals surface area contributed by atoms with Gasteiger partial charge in [0.1, 0.15) is 0 Å². The topological polar surface area (TPSA) is 89.5 Å². The first-order valence-corrected chi connectivity index (χ1v) is 8.45. The third-order valence-corrected chi connectivity index (χ3v) is 4.71. The van der Waals surface area contributed by atoms with Crippen LogP contribution in [0.3, 0.4) is 0 Å². The van der Waals surface area contributed by atoms with Crippen molar-refractivity contribution in [1.82, 2.24) is 4.83 Å². The molecule has 0 bridgehead atoms. The molecule has 1 N–H and O–H groups in total. The van der Waals surface area contributed by atoms with Gasteiger partial charge in [0.2, 0.25) is 0 Å². The van der Waals surface area contributed by atoms with Gasteiger partial charge in [-0.15, -0.1) is 4.83 Å². The van der Waals surface area contributed by atoms with Crippen molar-refractivity contribution in [2.45, 2.75) is 11.8 Å². The molecule has 0 amide bonds. The zero-order valence-electron chi connectivity index (χ0n) is 11.1. The highest BCUT2D eigenvalue weighted by Crippen LogP contribution is 2.17. The van der Waals surface area contributed by atoms with Gasteiger partial charge in [-0.05, 0) is 31.2 Å². The Morgan fingerprint density at radius 2 is 1.62 bits per heavy atom. The lowest BCUT2D eigenvalue weighted by Crippen LogP contribution is -2.43. The zero-order valence-corrected chi connectivity index (χ0v) is 12.7. The Kier molecular flexibility index (Phi) is 4.73. The van der Waals surface area contributed by atoms with Gasteiger partial charge in [0.25, 0.3) is 10.0 Å². The number of sulfonamides is 1. The Labute approximate surface area is 125 Å². The highest BCUT2D eigenvalue weighted by atomic mass is 32.2. The summed E-state index contributed by atoms with van der Waals surface area (Å²) in [7, 11) is -3.98. The van der Waals surface area contributed by atoms with Gasteiger partial charge in [-0.3, -0.25) is 4.21 Å². The Bertz CT molecular complexity index is 731. The second kappa shape index (κ2) is 6.35. The molecule has 0 aromatic heterocycles. The van der Waals surface area contributed by atoms with Crippen LogP contribution in [-0.2, 0) is 21.3 Å². The lowest BCUT2D eigenvalue weighted by Gasteiger charge is -2.26. The Balaban J connectivity index is 2.33. The van der Waals surface area contributed by atoms with E-state index in [1.165, 1.54) is 24.3 Å². The molecule has 112 valence electrons. The molecule has 2 aromatic rings. The van der Waals surface area contributed by atoms with Crippen LogP contribution in [-0.4, -0.2) is 17.2 Å². The van der Waals surface area contributed by atoms with Crippen molar-refractivity contribution in [3.63, 3.8) is 0 Å². The van der Waals surface area contributed by atoms with Gasteiger partial charge in [-0.25, -0.2) is 12.8 Å². The summed E-state index contributed by atoms with van der Waals surface area (Å²) in [5.41, 5.74) is 1.13. The van der Waals surface area contributed by atoms with Crippen LogP contribution in [0, 0.1) is 6.92 Å². The van der Waals surface area contributed by atoms with E-state index in [4.69, 9.17) is 0 Å². The lowest BCUT2D eigenvalue weighted by atomic mass is 10.2. The first kappa shape index (κ1) is 15.6. The normalized spacial score (nSPS) is 12.9. The minimum Gasteiger partial charge on any atom is -0.754 e. The SMILES string of the molecule is Cc1ccc(N(NS(=O)(=O)c2ccccc2)S(=O)[O-])cc1. The standard InChI is InChI=1S/C13H14N2O4S2/c1-11-7-9-12(10-8-11)15(20(16)17)14-21(18,19)13-5-3-2-4-6-13/h2-10,14H,1H3,(H,16,17)/p-1. The molecule has 0 aliphatic heterocycles. The molecule has 2 aromatic carbocycles. The molecule has 0 spiro atoms. The predicted molar refractivity (Wildman–Crippen MR) is 79.3 cm³/mol. The number of aryl methyl sites for hydroxylation is 1. The van der Waals surface area contributed by atoms with Crippen LogP contribution in [0.2, 0.25) is 0 Å². The Morgan fingerprint density at radius 3 is 2.14 bits per heavy atom. The third kappa shape index (κ3) is 3.88. The summed E-state index contributed by atoms with van der Waals surface area (Å²) in [5, 5.41) is 0. The largest absolute Gasteiger partial charge is 0.754 e. The quantitative estimate of drug-likeness (QED) is 0.666. The van der Waals surface area contributed by atoms with Crippen LogP contribution in [0.25, 0.3) is 0 Å². The molecule has 0 aliphatic rings. The maximum absolute atomic E-state index is 12.2. The molecular formula is C13H13N2O4S2-. The van der Waals surface area contributed by atoms with Crippen molar-refractivity contribution in [2.24, 2.45) is 0 Å². The van der Waals surface area contributed by atoms with Gasteiger partial charge in [0.05, 0.1) is 21.8 Å². The van der Waals surface area contributed by atoms with E-state index in [-0.39, 0.29) is 10.6 Å². The highest BCUT2D eigenvalue weighted by Gasteiger charge is 2.19. The van der Waals surface area contributed by atoms with Crippen molar-refractivity contribution in [3.8, 4) is 0 Å². The van der Waals surface area contributed by atoms with Gasteiger partial charge < -0.3 is 4.55 Å². The van der Waals surface area contributed by atoms with E-state index in [1.54, 1.807) is 30.3 Å². The first-order valence-electron chi connectivity index (χ1n) is 5.94. The van der Waals surface area contributed by atoms with E-state index in [9.17, 15) is 17.2 Å². The van der Waals surface area contributed by atoms with E-state index in [0.29, 0.717) is 4.41 Å². The third-order valence-electron chi connectivity index (χ3n) is 2.67. The number of hydrogen-bond donors (Lipinski definition) is 1. The first-order chi connectivity index (χ1) is 9.90. The summed E-state index contributed by atoms with van der Waals surface area (Å²) in [5.74, 6) is 0.